The van der Waals surface area contributed by atoms with Gasteiger partial charge in [0.15, 0.2) is 0 Å². The molecule has 3 aromatic rings. The SMILES string of the molecule is O=C([O-])Cc1cc(CO[O-])c(O)c(C(c2ccc(Cl)cc2)c2cc(CC(=O)[O-])cc(C(=O)[O-])c2O)c1.[Na+].[Na+].[Na+].[Na+]. The third-order valence-corrected chi connectivity index (χ3v) is 5.69. The maximum atomic E-state index is 11.7. The van der Waals surface area contributed by atoms with Gasteiger partial charge in [-0.05, 0) is 41.0 Å². The number of rotatable bonds is 10. The van der Waals surface area contributed by atoms with Crippen LogP contribution < -0.4 is 139 Å². The molecule has 40 heavy (non-hydrogen) atoms. The second-order valence-corrected chi connectivity index (χ2v) is 8.34. The van der Waals surface area contributed by atoms with Gasteiger partial charge in [0.05, 0.1) is 12.6 Å². The molecule has 2 N–H and O–H groups in total. The van der Waals surface area contributed by atoms with Crippen molar-refractivity contribution in [2.45, 2.75) is 25.4 Å². The molecule has 3 rings (SSSR count). The van der Waals surface area contributed by atoms with E-state index in [1.165, 1.54) is 42.5 Å². The molecule has 0 bridgehead atoms. The quantitative estimate of drug-likeness (QED) is 0.0971. The fraction of sp³-hybridized carbons (Fsp3) is 0.160. The van der Waals surface area contributed by atoms with Crippen molar-refractivity contribution in [3.8, 4) is 11.5 Å². The summed E-state index contributed by atoms with van der Waals surface area (Å²) in [5.41, 5.74) is -0.564. The molecule has 0 radical (unpaired) electrons. The summed E-state index contributed by atoms with van der Waals surface area (Å²) in [5.74, 6) is -7.22. The third kappa shape index (κ3) is 10.9. The molecule has 188 valence electrons. The summed E-state index contributed by atoms with van der Waals surface area (Å²) < 4.78 is 0. The van der Waals surface area contributed by atoms with E-state index in [-0.39, 0.29) is 146 Å². The number of carbonyl (C=O) groups excluding carboxylic acids is 3. The third-order valence-electron chi connectivity index (χ3n) is 5.43. The first kappa shape index (κ1) is 42.0. The van der Waals surface area contributed by atoms with Crippen LogP contribution in [0.4, 0.5) is 0 Å². The van der Waals surface area contributed by atoms with Gasteiger partial charge in [-0.1, -0.05) is 35.9 Å². The molecule has 1 atom stereocenters. The zero-order valence-corrected chi connectivity index (χ0v) is 31.1. The van der Waals surface area contributed by atoms with Gasteiger partial charge in [0.2, 0.25) is 0 Å². The van der Waals surface area contributed by atoms with Crippen molar-refractivity contribution in [3.63, 3.8) is 0 Å². The summed E-state index contributed by atoms with van der Waals surface area (Å²) in [6.45, 7) is -0.645. The number of phenolic OH excluding ortho intramolecular Hbond substituents is 1. The van der Waals surface area contributed by atoms with E-state index in [9.17, 15) is 45.2 Å². The van der Waals surface area contributed by atoms with Gasteiger partial charge in [-0.2, -0.15) is 0 Å². The number of hydrogen-bond donors (Lipinski definition) is 2. The van der Waals surface area contributed by atoms with Gasteiger partial charge in [0, 0.05) is 58.0 Å². The second-order valence-electron chi connectivity index (χ2n) is 7.91. The Labute approximate surface area is 322 Å². The minimum Gasteiger partial charge on any atom is -0.723 e. The van der Waals surface area contributed by atoms with E-state index in [0.29, 0.717) is 10.6 Å². The maximum absolute atomic E-state index is 11.7. The zero-order valence-electron chi connectivity index (χ0n) is 22.4. The van der Waals surface area contributed by atoms with Gasteiger partial charge in [0.1, 0.15) is 11.5 Å². The summed E-state index contributed by atoms with van der Waals surface area (Å²) in [6, 6.07) is 10.6. The normalized spacial score (nSPS) is 10.6. The average Bonchev–Trinajstić information content (AvgIpc) is 2.79. The number of carboxylic acids is 3. The summed E-state index contributed by atoms with van der Waals surface area (Å²) in [7, 11) is 0. The van der Waals surface area contributed by atoms with Crippen molar-refractivity contribution < 1.29 is 168 Å². The van der Waals surface area contributed by atoms with E-state index in [0.717, 1.165) is 6.07 Å². The smallest absolute Gasteiger partial charge is 0.723 e. The van der Waals surface area contributed by atoms with Crippen LogP contribution in [0.3, 0.4) is 0 Å². The van der Waals surface area contributed by atoms with Crippen LogP contribution in [0, 0.1) is 0 Å². The molecule has 1 unspecified atom stereocenters. The first-order chi connectivity index (χ1) is 17.0. The standard InChI is InChI=1S/C25H21ClO10.4Na/c26-16-3-1-14(2-4-16)22(17-6-12(9-20(27)28)5-15(11-36-35)23(17)31)18-7-13(10-21(29)30)8-19(24(18)32)25(33)34;;;;/h1-8,22,31-32,35H,9-11H2,(H,27,28)(H,29,30)(H,33,34);;;;/q;4*+1/p-4. The van der Waals surface area contributed by atoms with Gasteiger partial charge < -0.3 is 50.1 Å². The van der Waals surface area contributed by atoms with Crippen molar-refractivity contribution in [1.29, 1.82) is 0 Å². The minimum absolute atomic E-state index is 0. The molecule has 0 aliphatic rings. The van der Waals surface area contributed by atoms with Crippen LogP contribution in [-0.2, 0) is 33.9 Å². The number of carboxylic acid groups (broad SMARTS) is 3. The Kier molecular flexibility index (Phi) is 20.2. The van der Waals surface area contributed by atoms with E-state index in [2.05, 4.69) is 4.89 Å². The van der Waals surface area contributed by atoms with Crippen LogP contribution in [0.5, 0.6) is 11.5 Å². The monoisotopic (exact) mass is 604 g/mol. The van der Waals surface area contributed by atoms with Crippen molar-refractivity contribution in [3.05, 3.63) is 92.5 Å². The van der Waals surface area contributed by atoms with Gasteiger partial charge in [-0.3, -0.25) is 0 Å². The van der Waals surface area contributed by atoms with Gasteiger partial charge >= 0.3 is 118 Å². The molecule has 10 nitrogen and oxygen atoms in total. The number of phenols is 2. The summed E-state index contributed by atoms with van der Waals surface area (Å²) in [5, 5.41) is 67.2. The number of hydrogen-bond acceptors (Lipinski definition) is 10. The Hall–Kier alpha value is -0.120. The van der Waals surface area contributed by atoms with Crippen LogP contribution in [-0.4, -0.2) is 28.1 Å². The van der Waals surface area contributed by atoms with Crippen LogP contribution in [0.1, 0.15) is 49.7 Å². The average molecular weight is 605 g/mol. The fourth-order valence-electron chi connectivity index (χ4n) is 3.99. The van der Waals surface area contributed by atoms with Crippen molar-refractivity contribution in [1.82, 2.24) is 0 Å². The second kappa shape index (κ2) is 19.2. The molecule has 0 aromatic heterocycles. The molecule has 0 saturated heterocycles. The minimum atomic E-state index is -1.79. The van der Waals surface area contributed by atoms with E-state index in [1.54, 1.807) is 0 Å². The predicted molar refractivity (Wildman–Crippen MR) is 115 cm³/mol. The first-order valence-electron chi connectivity index (χ1n) is 10.3. The number of aromatic carboxylic acids is 1. The fourth-order valence-corrected chi connectivity index (χ4v) is 4.12. The molecular formula is C25H17ClNa4O10. The van der Waals surface area contributed by atoms with Crippen LogP contribution in [0.2, 0.25) is 5.02 Å². The van der Waals surface area contributed by atoms with E-state index in [1.807, 2.05) is 0 Å². The Morgan fingerprint density at radius 3 is 1.70 bits per heavy atom. The van der Waals surface area contributed by atoms with Gasteiger partial charge in [0.25, 0.3) is 0 Å². The Balaban J connectivity index is 0. The summed E-state index contributed by atoms with van der Waals surface area (Å²) in [6.07, 6.45) is -1.31. The van der Waals surface area contributed by atoms with E-state index < -0.39 is 60.3 Å². The van der Waals surface area contributed by atoms with Gasteiger partial charge in [-0.25, -0.2) is 0 Å². The van der Waals surface area contributed by atoms with Crippen molar-refractivity contribution in [2.75, 3.05) is 0 Å². The molecule has 0 spiro atoms. The van der Waals surface area contributed by atoms with Crippen LogP contribution in [0.25, 0.3) is 0 Å². The predicted octanol–water partition coefficient (Wildman–Crippen LogP) is -13.3. The number of carbonyl (C=O) groups is 3. The van der Waals surface area contributed by atoms with Crippen LogP contribution >= 0.6 is 11.6 Å². The number of aliphatic carboxylic acids is 2. The van der Waals surface area contributed by atoms with E-state index in [4.69, 9.17) is 11.6 Å². The summed E-state index contributed by atoms with van der Waals surface area (Å²) in [4.78, 5) is 38.0. The zero-order chi connectivity index (χ0) is 26.6. The molecular weight excluding hydrogens is 588 g/mol. The molecule has 0 amide bonds. The Bertz CT molecular complexity index is 1340. The largest absolute Gasteiger partial charge is 1.00 e. The molecule has 0 fully saturated rings. The molecule has 0 heterocycles. The van der Waals surface area contributed by atoms with Crippen molar-refractivity contribution in [2.24, 2.45) is 0 Å². The molecule has 3 aromatic carbocycles. The first-order valence-corrected chi connectivity index (χ1v) is 10.7. The Morgan fingerprint density at radius 2 is 1.25 bits per heavy atom. The molecule has 0 aliphatic heterocycles. The maximum Gasteiger partial charge on any atom is 1.00 e. The summed E-state index contributed by atoms with van der Waals surface area (Å²) >= 11 is 5.99. The molecule has 0 saturated carbocycles. The molecule has 0 aliphatic carbocycles. The van der Waals surface area contributed by atoms with E-state index >= 15 is 0 Å². The topological polar surface area (TPSA) is 193 Å². The van der Waals surface area contributed by atoms with Gasteiger partial charge in [-0.15, -0.1) is 0 Å². The number of benzene rings is 3. The number of aromatic hydroxyl groups is 2. The molecule has 15 heteroatoms. The Morgan fingerprint density at radius 1 is 0.775 bits per heavy atom. The van der Waals surface area contributed by atoms with Crippen molar-refractivity contribution >= 4 is 29.5 Å². The number of halogens is 1. The van der Waals surface area contributed by atoms with Crippen LogP contribution in [0.15, 0.2) is 48.5 Å².